The average Bonchev–Trinajstić information content (AvgIpc) is 3.17. The van der Waals surface area contributed by atoms with E-state index < -0.39 is 11.5 Å². The molecule has 3 atom stereocenters. The van der Waals surface area contributed by atoms with Crippen molar-refractivity contribution in [3.8, 4) is 0 Å². The molecule has 1 saturated heterocycles. The lowest BCUT2D eigenvalue weighted by Gasteiger charge is -2.43. The van der Waals surface area contributed by atoms with Gasteiger partial charge in [-0.25, -0.2) is 0 Å². The van der Waals surface area contributed by atoms with Crippen LogP contribution in [0.3, 0.4) is 0 Å². The third-order valence-electron chi connectivity index (χ3n) is 5.94. The summed E-state index contributed by atoms with van der Waals surface area (Å²) in [5.41, 5.74) is -0.546. The van der Waals surface area contributed by atoms with Crippen LogP contribution in [0.25, 0.3) is 0 Å². The van der Waals surface area contributed by atoms with Crippen molar-refractivity contribution in [3.63, 3.8) is 0 Å². The van der Waals surface area contributed by atoms with Crippen LogP contribution in [0.15, 0.2) is 0 Å². The predicted molar refractivity (Wildman–Crippen MR) is 75.1 cm³/mol. The third-order valence-corrected chi connectivity index (χ3v) is 5.94. The van der Waals surface area contributed by atoms with Gasteiger partial charge in [-0.2, -0.15) is 0 Å². The number of carbonyl (C=O) groups is 1. The molecular formula is C16H27NO2. The second-order valence-corrected chi connectivity index (χ2v) is 6.91. The fourth-order valence-corrected chi connectivity index (χ4v) is 4.67. The molecule has 2 saturated carbocycles. The van der Waals surface area contributed by atoms with Crippen molar-refractivity contribution in [2.45, 2.75) is 76.3 Å². The Morgan fingerprint density at radius 2 is 2.00 bits per heavy atom. The maximum Gasteiger partial charge on any atom is 0.324 e. The SMILES string of the molecule is CCC1(C(=O)O)CCCN1C1CCCC(C2CC2)C1. The van der Waals surface area contributed by atoms with E-state index in [0.29, 0.717) is 6.04 Å². The highest BCUT2D eigenvalue weighted by atomic mass is 16.4. The normalized spacial score (nSPS) is 40.5. The Morgan fingerprint density at radius 1 is 1.21 bits per heavy atom. The smallest absolute Gasteiger partial charge is 0.324 e. The molecule has 3 unspecified atom stereocenters. The van der Waals surface area contributed by atoms with E-state index in [1.807, 2.05) is 6.92 Å². The van der Waals surface area contributed by atoms with Crippen molar-refractivity contribution >= 4 is 5.97 Å². The zero-order valence-electron chi connectivity index (χ0n) is 12.1. The van der Waals surface area contributed by atoms with Gasteiger partial charge in [-0.1, -0.05) is 19.8 Å². The van der Waals surface area contributed by atoms with Gasteiger partial charge in [-0.15, -0.1) is 0 Å². The molecule has 0 bridgehead atoms. The molecule has 3 aliphatic rings. The topological polar surface area (TPSA) is 40.5 Å². The molecule has 1 aliphatic heterocycles. The number of hydrogen-bond acceptors (Lipinski definition) is 2. The van der Waals surface area contributed by atoms with Gasteiger partial charge in [0.05, 0.1) is 0 Å². The van der Waals surface area contributed by atoms with Crippen LogP contribution in [-0.2, 0) is 4.79 Å². The highest BCUT2D eigenvalue weighted by Crippen LogP contribution is 2.47. The minimum absolute atomic E-state index is 0.540. The zero-order valence-corrected chi connectivity index (χ0v) is 12.1. The van der Waals surface area contributed by atoms with Crippen LogP contribution in [0.1, 0.15) is 64.7 Å². The average molecular weight is 265 g/mol. The van der Waals surface area contributed by atoms with E-state index in [4.69, 9.17) is 0 Å². The van der Waals surface area contributed by atoms with Crippen LogP contribution in [-0.4, -0.2) is 34.1 Å². The van der Waals surface area contributed by atoms with Crippen molar-refractivity contribution < 1.29 is 9.90 Å². The zero-order chi connectivity index (χ0) is 13.5. The molecule has 19 heavy (non-hydrogen) atoms. The summed E-state index contributed by atoms with van der Waals surface area (Å²) in [7, 11) is 0. The Hall–Kier alpha value is -0.570. The number of rotatable bonds is 4. The standard InChI is InChI=1S/C16H27NO2/c1-2-16(15(18)19)9-4-10-17(16)14-6-3-5-13(11-14)12-7-8-12/h12-14H,2-11H2,1H3,(H,18,19). The van der Waals surface area contributed by atoms with E-state index in [2.05, 4.69) is 4.90 Å². The largest absolute Gasteiger partial charge is 0.480 e. The molecule has 3 nitrogen and oxygen atoms in total. The Bertz CT molecular complexity index is 353. The van der Waals surface area contributed by atoms with Gasteiger partial charge in [-0.3, -0.25) is 9.69 Å². The second kappa shape index (κ2) is 5.08. The van der Waals surface area contributed by atoms with Crippen LogP contribution in [0, 0.1) is 11.8 Å². The first-order valence-electron chi connectivity index (χ1n) is 8.17. The number of nitrogens with zero attached hydrogens (tertiary/aromatic N) is 1. The van der Waals surface area contributed by atoms with Crippen molar-refractivity contribution in [3.05, 3.63) is 0 Å². The monoisotopic (exact) mass is 265 g/mol. The molecule has 108 valence electrons. The Morgan fingerprint density at radius 3 is 2.63 bits per heavy atom. The third kappa shape index (κ3) is 2.31. The van der Waals surface area contributed by atoms with Crippen LogP contribution < -0.4 is 0 Å². The molecule has 0 aromatic carbocycles. The van der Waals surface area contributed by atoms with E-state index in [0.717, 1.165) is 37.6 Å². The highest BCUT2D eigenvalue weighted by molar-refractivity contribution is 5.79. The summed E-state index contributed by atoms with van der Waals surface area (Å²) in [6.45, 7) is 3.05. The first-order chi connectivity index (χ1) is 9.17. The molecule has 3 heteroatoms. The lowest BCUT2D eigenvalue weighted by atomic mass is 9.80. The van der Waals surface area contributed by atoms with Crippen LogP contribution >= 0.6 is 0 Å². The van der Waals surface area contributed by atoms with Gasteiger partial charge in [0, 0.05) is 6.04 Å². The summed E-state index contributed by atoms with van der Waals surface area (Å²) >= 11 is 0. The molecule has 0 spiro atoms. The fourth-order valence-electron chi connectivity index (χ4n) is 4.67. The minimum Gasteiger partial charge on any atom is -0.480 e. The van der Waals surface area contributed by atoms with Crippen LogP contribution in [0.5, 0.6) is 0 Å². The summed E-state index contributed by atoms with van der Waals surface area (Å²) in [5.74, 6) is 1.29. The first kappa shape index (κ1) is 13.4. The van der Waals surface area contributed by atoms with Crippen LogP contribution in [0.4, 0.5) is 0 Å². The molecule has 1 N–H and O–H groups in total. The Balaban J connectivity index is 1.74. The summed E-state index contributed by atoms with van der Waals surface area (Å²) in [5, 5.41) is 9.71. The molecule has 2 aliphatic carbocycles. The molecule has 0 radical (unpaired) electrons. The van der Waals surface area contributed by atoms with Crippen molar-refractivity contribution in [2.75, 3.05) is 6.54 Å². The van der Waals surface area contributed by atoms with Crippen LogP contribution in [0.2, 0.25) is 0 Å². The maximum atomic E-state index is 11.8. The van der Waals surface area contributed by atoms with Gasteiger partial charge in [0.15, 0.2) is 0 Å². The molecule has 0 aromatic heterocycles. The highest BCUT2D eigenvalue weighted by Gasteiger charge is 2.50. The van der Waals surface area contributed by atoms with Gasteiger partial charge in [0.1, 0.15) is 5.54 Å². The van der Waals surface area contributed by atoms with Gasteiger partial charge >= 0.3 is 5.97 Å². The maximum absolute atomic E-state index is 11.8. The fraction of sp³-hybridized carbons (Fsp3) is 0.938. The summed E-state index contributed by atoms with van der Waals surface area (Å²) in [4.78, 5) is 14.2. The lowest BCUT2D eigenvalue weighted by molar-refractivity contribution is -0.152. The number of hydrogen-bond donors (Lipinski definition) is 1. The van der Waals surface area contributed by atoms with Crippen molar-refractivity contribution in [1.29, 1.82) is 0 Å². The number of carboxylic acids is 1. The van der Waals surface area contributed by atoms with E-state index in [9.17, 15) is 9.90 Å². The number of likely N-dealkylation sites (tertiary alicyclic amines) is 1. The molecule has 1 heterocycles. The summed E-state index contributed by atoms with van der Waals surface area (Å²) < 4.78 is 0. The first-order valence-corrected chi connectivity index (χ1v) is 8.17. The van der Waals surface area contributed by atoms with Crippen molar-refractivity contribution in [1.82, 2.24) is 4.90 Å². The van der Waals surface area contributed by atoms with Crippen molar-refractivity contribution in [2.24, 2.45) is 11.8 Å². The van der Waals surface area contributed by atoms with E-state index in [1.165, 1.54) is 38.5 Å². The van der Waals surface area contributed by atoms with E-state index >= 15 is 0 Å². The van der Waals surface area contributed by atoms with Gasteiger partial charge in [0.2, 0.25) is 0 Å². The number of carboxylic acid groups (broad SMARTS) is 1. The second-order valence-electron chi connectivity index (χ2n) is 6.91. The molecule has 0 amide bonds. The van der Waals surface area contributed by atoms with Gasteiger partial charge < -0.3 is 5.11 Å². The van der Waals surface area contributed by atoms with E-state index in [1.54, 1.807) is 0 Å². The summed E-state index contributed by atoms with van der Waals surface area (Å²) in [6, 6.07) is 0.540. The summed E-state index contributed by atoms with van der Waals surface area (Å²) in [6.07, 6.45) is 10.7. The predicted octanol–water partition coefficient (Wildman–Crippen LogP) is 3.28. The minimum atomic E-state index is -0.582. The Labute approximate surface area is 116 Å². The number of aliphatic carboxylic acids is 1. The molecule has 0 aromatic rings. The Kier molecular flexibility index (Phi) is 3.59. The molecule has 3 rings (SSSR count). The quantitative estimate of drug-likeness (QED) is 0.848. The molecule has 3 fully saturated rings. The van der Waals surface area contributed by atoms with Gasteiger partial charge in [-0.05, 0) is 63.3 Å². The lowest BCUT2D eigenvalue weighted by Crippen LogP contribution is -2.55. The molecular weight excluding hydrogens is 238 g/mol. The van der Waals surface area contributed by atoms with Gasteiger partial charge in [0.25, 0.3) is 0 Å². The van der Waals surface area contributed by atoms with E-state index in [-0.39, 0.29) is 0 Å².